The Kier molecular flexibility index (Phi) is 6.66. The number of carbonyl (C=O) groups excluding carboxylic acids is 2. The maximum Gasteiger partial charge on any atom is 0.416 e. The van der Waals surface area contributed by atoms with Gasteiger partial charge in [0.25, 0.3) is 11.7 Å². The number of aliphatic hydroxyl groups excluding tert-OH is 1. The lowest BCUT2D eigenvalue weighted by Crippen LogP contribution is -2.29. The summed E-state index contributed by atoms with van der Waals surface area (Å²) in [5, 5.41) is 11.4. The minimum atomic E-state index is -4.56. The van der Waals surface area contributed by atoms with Crippen molar-refractivity contribution in [3.05, 3.63) is 88.9 Å². The molecule has 9 heteroatoms. The van der Waals surface area contributed by atoms with Crippen molar-refractivity contribution in [2.45, 2.75) is 45.3 Å². The van der Waals surface area contributed by atoms with E-state index >= 15 is 0 Å². The molecule has 1 aromatic heterocycles. The SMILES string of the molecule is CCOc1ccc(/C(O)=C2/C(=O)C(=O)N(c3ccc(C(F)(F)F)cc3)C2c2ccco2)cc1C(C)(C)C. The summed E-state index contributed by atoms with van der Waals surface area (Å²) in [5.41, 5.74) is -0.374. The first-order valence-electron chi connectivity index (χ1n) is 11.6. The number of carbonyl (C=O) groups is 2. The molecule has 1 amide bonds. The lowest BCUT2D eigenvalue weighted by atomic mass is 9.84. The molecule has 0 aliphatic carbocycles. The van der Waals surface area contributed by atoms with Crippen molar-refractivity contribution in [2.75, 3.05) is 11.5 Å². The Morgan fingerprint density at radius 3 is 2.27 bits per heavy atom. The molecule has 0 saturated carbocycles. The summed E-state index contributed by atoms with van der Waals surface area (Å²) in [7, 11) is 0. The molecule has 1 fully saturated rings. The predicted octanol–water partition coefficient (Wildman–Crippen LogP) is 6.62. The molecule has 2 heterocycles. The van der Waals surface area contributed by atoms with Crippen LogP contribution in [0.5, 0.6) is 5.75 Å². The highest BCUT2D eigenvalue weighted by Crippen LogP contribution is 2.44. The van der Waals surface area contributed by atoms with Crippen molar-refractivity contribution in [1.82, 2.24) is 0 Å². The largest absolute Gasteiger partial charge is 0.507 e. The number of amides is 1. The van der Waals surface area contributed by atoms with Crippen molar-refractivity contribution in [3.8, 4) is 5.75 Å². The van der Waals surface area contributed by atoms with Crippen LogP contribution in [-0.2, 0) is 21.2 Å². The quantitative estimate of drug-likeness (QED) is 0.236. The van der Waals surface area contributed by atoms with Crippen molar-refractivity contribution >= 4 is 23.1 Å². The molecule has 1 atom stereocenters. The van der Waals surface area contributed by atoms with Gasteiger partial charge in [-0.05, 0) is 66.9 Å². The molecule has 3 aromatic rings. The second kappa shape index (κ2) is 9.46. The van der Waals surface area contributed by atoms with Crippen LogP contribution in [0.1, 0.15) is 56.2 Å². The zero-order chi connectivity index (χ0) is 27.1. The Morgan fingerprint density at radius 1 is 1.05 bits per heavy atom. The molecule has 2 aromatic carbocycles. The van der Waals surface area contributed by atoms with Crippen LogP contribution >= 0.6 is 0 Å². The number of ketones is 1. The first-order valence-corrected chi connectivity index (χ1v) is 11.6. The minimum absolute atomic E-state index is 0.0534. The van der Waals surface area contributed by atoms with Crippen LogP contribution in [0.2, 0.25) is 0 Å². The molecule has 1 aliphatic heterocycles. The van der Waals surface area contributed by atoms with Crippen LogP contribution < -0.4 is 9.64 Å². The van der Waals surface area contributed by atoms with E-state index in [1.807, 2.05) is 27.7 Å². The van der Waals surface area contributed by atoms with E-state index in [0.29, 0.717) is 12.4 Å². The van der Waals surface area contributed by atoms with Gasteiger partial charge in [0.2, 0.25) is 0 Å². The number of Topliss-reactive ketones (excluding diaryl/α,β-unsaturated/α-hetero) is 1. The fourth-order valence-corrected chi connectivity index (χ4v) is 4.33. The van der Waals surface area contributed by atoms with E-state index in [0.717, 1.165) is 34.7 Å². The third-order valence-corrected chi connectivity index (χ3v) is 6.09. The second-order valence-corrected chi connectivity index (χ2v) is 9.62. The van der Waals surface area contributed by atoms with E-state index in [9.17, 15) is 27.9 Å². The number of anilines is 1. The molecule has 0 bridgehead atoms. The lowest BCUT2D eigenvalue weighted by Gasteiger charge is -2.25. The average molecular weight is 514 g/mol. The van der Waals surface area contributed by atoms with Gasteiger partial charge in [0.15, 0.2) is 0 Å². The molecule has 1 N–H and O–H groups in total. The highest BCUT2D eigenvalue weighted by molar-refractivity contribution is 6.51. The minimum Gasteiger partial charge on any atom is -0.507 e. The molecule has 0 radical (unpaired) electrons. The fraction of sp³-hybridized carbons (Fsp3) is 0.286. The van der Waals surface area contributed by atoms with E-state index in [1.165, 1.54) is 12.3 Å². The maximum absolute atomic E-state index is 13.2. The van der Waals surface area contributed by atoms with Gasteiger partial charge < -0.3 is 14.3 Å². The highest BCUT2D eigenvalue weighted by Gasteiger charge is 2.48. The lowest BCUT2D eigenvalue weighted by molar-refractivity contribution is -0.137. The first kappa shape index (κ1) is 26.1. The number of alkyl halides is 3. The Bertz CT molecular complexity index is 1350. The number of benzene rings is 2. The number of ether oxygens (including phenoxy) is 1. The molecule has 37 heavy (non-hydrogen) atoms. The summed E-state index contributed by atoms with van der Waals surface area (Å²) in [6.07, 6.45) is -3.22. The summed E-state index contributed by atoms with van der Waals surface area (Å²) in [4.78, 5) is 27.4. The Morgan fingerprint density at radius 2 is 1.73 bits per heavy atom. The van der Waals surface area contributed by atoms with E-state index in [2.05, 4.69) is 0 Å². The maximum atomic E-state index is 13.2. The normalized spacial score (nSPS) is 17.9. The second-order valence-electron chi connectivity index (χ2n) is 9.62. The number of nitrogens with zero attached hydrogens (tertiary/aromatic N) is 1. The number of aliphatic hydroxyl groups is 1. The van der Waals surface area contributed by atoms with E-state index in [4.69, 9.17) is 9.15 Å². The number of halogens is 3. The van der Waals surface area contributed by atoms with Crippen LogP contribution in [-0.4, -0.2) is 23.4 Å². The third kappa shape index (κ3) is 4.85. The van der Waals surface area contributed by atoms with Gasteiger partial charge in [-0.3, -0.25) is 14.5 Å². The molecule has 1 unspecified atom stereocenters. The van der Waals surface area contributed by atoms with E-state index in [1.54, 1.807) is 24.3 Å². The van der Waals surface area contributed by atoms with Crippen molar-refractivity contribution in [3.63, 3.8) is 0 Å². The average Bonchev–Trinajstić information content (AvgIpc) is 3.45. The number of rotatable bonds is 5. The molecule has 4 rings (SSSR count). The van der Waals surface area contributed by atoms with Gasteiger partial charge in [0.1, 0.15) is 23.3 Å². The number of hydrogen-bond acceptors (Lipinski definition) is 5. The first-order chi connectivity index (χ1) is 17.3. The van der Waals surface area contributed by atoms with E-state index < -0.39 is 35.2 Å². The fourth-order valence-electron chi connectivity index (χ4n) is 4.33. The highest BCUT2D eigenvalue weighted by atomic mass is 19.4. The smallest absolute Gasteiger partial charge is 0.416 e. The third-order valence-electron chi connectivity index (χ3n) is 6.09. The molecular formula is C28H26F3NO5. The standard InChI is InChI=1S/C28H26F3NO5/c1-5-36-20-13-8-16(15-19(20)27(2,3)4)24(33)22-23(21-7-6-14-37-21)32(26(35)25(22)34)18-11-9-17(10-12-18)28(29,30)31/h6-15,23,33H,5H2,1-4H3/b24-22-. The molecule has 6 nitrogen and oxygen atoms in total. The molecule has 1 saturated heterocycles. The van der Waals surface area contributed by atoms with Crippen LogP contribution in [0.25, 0.3) is 5.76 Å². The number of furan rings is 1. The zero-order valence-corrected chi connectivity index (χ0v) is 20.7. The van der Waals surface area contributed by atoms with Gasteiger partial charge in [0.05, 0.1) is 24.0 Å². The Labute approximate surface area is 212 Å². The van der Waals surface area contributed by atoms with Gasteiger partial charge in [-0.15, -0.1) is 0 Å². The van der Waals surface area contributed by atoms with Crippen LogP contribution in [0.4, 0.5) is 18.9 Å². The topological polar surface area (TPSA) is 80.0 Å². The van der Waals surface area contributed by atoms with Crippen molar-refractivity contribution < 1.29 is 37.0 Å². The molecule has 1 aliphatic rings. The molecule has 194 valence electrons. The summed E-state index contributed by atoms with van der Waals surface area (Å²) in [6, 6.07) is 10.7. The molecule has 0 spiro atoms. The van der Waals surface area contributed by atoms with Gasteiger partial charge >= 0.3 is 6.18 Å². The summed E-state index contributed by atoms with van der Waals surface area (Å²) in [5.74, 6) is -1.61. The van der Waals surface area contributed by atoms with Gasteiger partial charge in [0, 0.05) is 16.8 Å². The van der Waals surface area contributed by atoms with Crippen LogP contribution in [0, 0.1) is 0 Å². The number of hydrogen-bond donors (Lipinski definition) is 1. The van der Waals surface area contributed by atoms with Crippen molar-refractivity contribution in [2.24, 2.45) is 0 Å². The van der Waals surface area contributed by atoms with Crippen LogP contribution in [0.3, 0.4) is 0 Å². The van der Waals surface area contributed by atoms with Gasteiger partial charge in [-0.25, -0.2) is 0 Å². The zero-order valence-electron chi connectivity index (χ0n) is 20.7. The Balaban J connectivity index is 1.88. The monoisotopic (exact) mass is 513 g/mol. The van der Waals surface area contributed by atoms with Crippen LogP contribution in [0.15, 0.2) is 70.9 Å². The Hall–Kier alpha value is -4.01. The summed E-state index contributed by atoms with van der Waals surface area (Å²) >= 11 is 0. The predicted molar refractivity (Wildman–Crippen MR) is 131 cm³/mol. The van der Waals surface area contributed by atoms with E-state index in [-0.39, 0.29) is 28.0 Å². The van der Waals surface area contributed by atoms with Gasteiger partial charge in [-0.1, -0.05) is 20.8 Å². The summed E-state index contributed by atoms with van der Waals surface area (Å²) in [6.45, 7) is 8.21. The molecular weight excluding hydrogens is 487 g/mol. The van der Waals surface area contributed by atoms with Crippen molar-refractivity contribution in [1.29, 1.82) is 0 Å². The van der Waals surface area contributed by atoms with Gasteiger partial charge in [-0.2, -0.15) is 13.2 Å². The summed E-state index contributed by atoms with van der Waals surface area (Å²) < 4.78 is 50.5.